The van der Waals surface area contributed by atoms with E-state index in [2.05, 4.69) is 0 Å². The van der Waals surface area contributed by atoms with Crippen LogP contribution in [0.5, 0.6) is 0 Å². The monoisotopic (exact) mass is 514 g/mol. The highest BCUT2D eigenvalue weighted by Gasteiger charge is 2.71. The number of aliphatic hydroxyl groups is 1. The topological polar surface area (TPSA) is 79.3 Å². The number of urea groups is 1. The first-order valence-corrected chi connectivity index (χ1v) is 11.1. The molecule has 0 unspecified atom stereocenters. The van der Waals surface area contributed by atoms with E-state index in [0.29, 0.717) is 44.6 Å². The fourth-order valence-corrected chi connectivity index (χ4v) is 3.58. The van der Waals surface area contributed by atoms with Crippen LogP contribution in [0.2, 0.25) is 0 Å². The molecule has 1 aromatic carbocycles. The van der Waals surface area contributed by atoms with E-state index in [1.807, 2.05) is 0 Å². The van der Waals surface area contributed by atoms with Gasteiger partial charge in [-0.05, 0) is 31.9 Å². The van der Waals surface area contributed by atoms with Gasteiger partial charge in [-0.15, -0.1) is 0 Å². The predicted octanol–water partition coefficient (Wildman–Crippen LogP) is 4.38. The number of carbonyl (C=O) groups excluding carboxylic acids is 2. The van der Waals surface area contributed by atoms with Gasteiger partial charge in [0, 0.05) is 37.3 Å². The highest BCUT2D eigenvalue weighted by Crippen LogP contribution is 2.50. The second-order valence-electron chi connectivity index (χ2n) is 7.90. The number of rotatable bonds is 9. The Morgan fingerprint density at radius 2 is 1.57 bits per heavy atom. The molecule has 2 amide bonds. The molecular weight excluding hydrogens is 486 g/mol. The molecule has 0 spiro atoms. The number of morpholine rings is 1. The Balaban J connectivity index is 2.22. The molecule has 7 nitrogen and oxygen atoms in total. The third-order valence-electron chi connectivity index (χ3n) is 5.50. The number of nitrogens with zero attached hydrogens (tertiary/aromatic N) is 2. The minimum Gasteiger partial charge on any atom is -0.466 e. The second kappa shape index (κ2) is 11.9. The average molecular weight is 514 g/mol. The van der Waals surface area contributed by atoms with E-state index < -0.39 is 29.5 Å². The van der Waals surface area contributed by atoms with E-state index in [-0.39, 0.29) is 44.3 Å². The summed E-state index contributed by atoms with van der Waals surface area (Å²) in [6, 6.07) is 2.42. The molecule has 1 saturated heterocycles. The molecule has 2 rings (SSSR count). The van der Waals surface area contributed by atoms with Crippen molar-refractivity contribution in [3.8, 4) is 0 Å². The summed E-state index contributed by atoms with van der Waals surface area (Å²) in [5.74, 6) is -0.355. The van der Waals surface area contributed by atoms with Crippen LogP contribution in [-0.4, -0.2) is 73.8 Å². The first-order chi connectivity index (χ1) is 16.3. The molecule has 1 aliphatic heterocycles. The Labute approximate surface area is 198 Å². The lowest BCUT2D eigenvalue weighted by Crippen LogP contribution is -2.54. The zero-order chi connectivity index (χ0) is 26.3. The van der Waals surface area contributed by atoms with Gasteiger partial charge in [-0.25, -0.2) is 4.79 Å². The number of amides is 2. The number of ether oxygens (including phenoxy) is 2. The standard InChI is InChI=1S/C22H28F6N2O5/c1-2-35-18(31)6-4-3-5-11-30(19(32)29-12-14-34-15-13-29)17-9-7-16(8-10-17)20(33,21(23,24)25)22(26,27)28/h7-10,33H,2-6,11-15H2,1H3. The predicted molar refractivity (Wildman–Crippen MR) is 113 cm³/mol. The molecule has 1 fully saturated rings. The summed E-state index contributed by atoms with van der Waals surface area (Å²) in [6.45, 7) is 3.19. The van der Waals surface area contributed by atoms with Crippen molar-refractivity contribution in [2.24, 2.45) is 0 Å². The number of benzene rings is 1. The summed E-state index contributed by atoms with van der Waals surface area (Å²) < 4.78 is 89.1. The summed E-state index contributed by atoms with van der Waals surface area (Å²) in [5.41, 5.74) is -6.39. The normalized spacial score (nSPS) is 15.1. The number of unbranched alkanes of at least 4 members (excludes halogenated alkanes) is 2. The molecule has 1 heterocycles. The Bertz CT molecular complexity index is 824. The number of anilines is 1. The van der Waals surface area contributed by atoms with Gasteiger partial charge in [0.05, 0.1) is 19.8 Å². The fraction of sp³-hybridized carbons (Fsp3) is 0.636. The van der Waals surface area contributed by atoms with Crippen molar-refractivity contribution in [1.82, 2.24) is 4.90 Å². The summed E-state index contributed by atoms with van der Waals surface area (Å²) in [6.07, 6.45) is -10.4. The molecular formula is C22H28F6N2O5. The van der Waals surface area contributed by atoms with Gasteiger partial charge in [-0.3, -0.25) is 9.69 Å². The highest BCUT2D eigenvalue weighted by molar-refractivity contribution is 5.92. The van der Waals surface area contributed by atoms with Crippen LogP contribution in [0.15, 0.2) is 24.3 Å². The third kappa shape index (κ3) is 7.00. The Morgan fingerprint density at radius 1 is 1.00 bits per heavy atom. The molecule has 0 radical (unpaired) electrons. The third-order valence-corrected chi connectivity index (χ3v) is 5.50. The molecule has 1 N–H and O–H groups in total. The quantitative estimate of drug-likeness (QED) is 0.301. The minimum absolute atomic E-state index is 0.0716. The zero-order valence-electron chi connectivity index (χ0n) is 19.1. The van der Waals surface area contributed by atoms with Gasteiger partial charge in [0.25, 0.3) is 5.60 Å². The molecule has 0 saturated carbocycles. The van der Waals surface area contributed by atoms with Crippen LogP contribution < -0.4 is 4.90 Å². The molecule has 0 atom stereocenters. The number of carbonyl (C=O) groups is 2. The molecule has 1 aliphatic rings. The van der Waals surface area contributed by atoms with E-state index in [1.54, 1.807) is 6.92 Å². The molecule has 0 aliphatic carbocycles. The van der Waals surface area contributed by atoms with Crippen molar-refractivity contribution < 1.29 is 50.5 Å². The van der Waals surface area contributed by atoms with Gasteiger partial charge in [0.2, 0.25) is 0 Å². The van der Waals surface area contributed by atoms with Gasteiger partial charge < -0.3 is 19.5 Å². The zero-order valence-corrected chi connectivity index (χ0v) is 19.1. The molecule has 1 aromatic rings. The minimum atomic E-state index is -6.00. The van der Waals surface area contributed by atoms with E-state index >= 15 is 0 Å². The number of alkyl halides is 6. The van der Waals surface area contributed by atoms with Crippen LogP contribution in [0.25, 0.3) is 0 Å². The molecule has 13 heteroatoms. The van der Waals surface area contributed by atoms with Gasteiger partial charge in [-0.2, -0.15) is 26.3 Å². The smallest absolute Gasteiger partial charge is 0.430 e. The van der Waals surface area contributed by atoms with Crippen LogP contribution in [0, 0.1) is 0 Å². The number of halogens is 6. The van der Waals surface area contributed by atoms with Gasteiger partial charge in [0.1, 0.15) is 0 Å². The summed E-state index contributed by atoms with van der Waals surface area (Å²) in [4.78, 5) is 27.2. The van der Waals surface area contributed by atoms with Gasteiger partial charge >= 0.3 is 24.4 Å². The Kier molecular flexibility index (Phi) is 9.78. The van der Waals surface area contributed by atoms with Gasteiger partial charge in [-0.1, -0.05) is 18.6 Å². The summed E-state index contributed by atoms with van der Waals surface area (Å²) >= 11 is 0. The van der Waals surface area contributed by atoms with Crippen molar-refractivity contribution in [1.29, 1.82) is 0 Å². The number of esters is 1. The number of hydrogen-bond donors (Lipinski definition) is 1. The van der Waals surface area contributed by atoms with Crippen molar-refractivity contribution in [3.05, 3.63) is 29.8 Å². The van der Waals surface area contributed by atoms with Crippen LogP contribution in [0.4, 0.5) is 36.8 Å². The molecule has 0 aromatic heterocycles. The van der Waals surface area contributed by atoms with Crippen molar-refractivity contribution in [2.45, 2.75) is 50.6 Å². The summed E-state index contributed by atoms with van der Waals surface area (Å²) in [7, 11) is 0. The lowest BCUT2D eigenvalue weighted by molar-refractivity contribution is -0.376. The molecule has 198 valence electrons. The first-order valence-electron chi connectivity index (χ1n) is 11.1. The van der Waals surface area contributed by atoms with Crippen molar-refractivity contribution in [2.75, 3.05) is 44.4 Å². The van der Waals surface area contributed by atoms with Crippen molar-refractivity contribution in [3.63, 3.8) is 0 Å². The lowest BCUT2D eigenvalue weighted by atomic mass is 9.92. The maximum Gasteiger partial charge on any atom is 0.430 e. The second-order valence-corrected chi connectivity index (χ2v) is 7.90. The lowest BCUT2D eigenvalue weighted by Gasteiger charge is -2.34. The Hall–Kier alpha value is -2.54. The van der Waals surface area contributed by atoms with E-state index in [0.717, 1.165) is 12.1 Å². The fourth-order valence-electron chi connectivity index (χ4n) is 3.58. The maximum absolute atomic E-state index is 13.2. The maximum atomic E-state index is 13.2. The molecule has 35 heavy (non-hydrogen) atoms. The van der Waals surface area contributed by atoms with Gasteiger partial charge in [0.15, 0.2) is 0 Å². The van der Waals surface area contributed by atoms with Crippen LogP contribution in [0.3, 0.4) is 0 Å². The van der Waals surface area contributed by atoms with Crippen LogP contribution >= 0.6 is 0 Å². The average Bonchev–Trinajstić information content (AvgIpc) is 2.80. The SMILES string of the molecule is CCOC(=O)CCCCCN(C(=O)N1CCOCC1)c1ccc(C(O)(C(F)(F)F)C(F)(F)F)cc1. The van der Waals surface area contributed by atoms with E-state index in [4.69, 9.17) is 9.47 Å². The van der Waals surface area contributed by atoms with Crippen molar-refractivity contribution >= 4 is 17.7 Å². The van der Waals surface area contributed by atoms with E-state index in [1.165, 1.54) is 9.80 Å². The van der Waals surface area contributed by atoms with Crippen LogP contribution in [0.1, 0.15) is 38.2 Å². The first kappa shape index (κ1) is 28.7. The van der Waals surface area contributed by atoms with E-state index in [9.17, 15) is 41.0 Å². The van der Waals surface area contributed by atoms with Crippen LogP contribution in [-0.2, 0) is 19.9 Å². The largest absolute Gasteiger partial charge is 0.466 e. The molecule has 0 bridgehead atoms. The highest BCUT2D eigenvalue weighted by atomic mass is 19.4. The summed E-state index contributed by atoms with van der Waals surface area (Å²) in [5, 5.41) is 9.59. The Morgan fingerprint density at radius 3 is 2.09 bits per heavy atom. The number of hydrogen-bond acceptors (Lipinski definition) is 5.